The van der Waals surface area contributed by atoms with Gasteiger partial charge in [-0.2, -0.15) is 13.2 Å². The number of ether oxygens (including phenoxy) is 2. The summed E-state index contributed by atoms with van der Waals surface area (Å²) in [5.41, 5.74) is 1.10. The van der Waals surface area contributed by atoms with Crippen molar-refractivity contribution in [3.05, 3.63) is 47.3 Å². The number of pyridine rings is 1. The molecule has 0 aliphatic carbocycles. The first-order chi connectivity index (χ1) is 16.9. The standard InChI is InChI=1S/C22H25F3N3O3S.CH4O3S/c1-13-18(11-32-12-21(3,4)31-14(2)29)28(9-8-19(13)30-5)20-26-16-7-6-15(22(23,24)25)10-17(16)27-20;1-5(2,3)4/h6-10H,11-12H2,1-5H3,(H,26,27);1H3,(H,2,3,4)/q+1;/p-1. The Labute approximate surface area is 217 Å². The number of carbonyl (C=O) groups is 1. The lowest BCUT2D eigenvalue weighted by Gasteiger charge is -2.24. The lowest BCUT2D eigenvalue weighted by atomic mass is 10.2. The maximum atomic E-state index is 13.1. The first kappa shape index (κ1) is 30.4. The van der Waals surface area contributed by atoms with Gasteiger partial charge in [0.15, 0.2) is 5.52 Å². The fraction of sp³-hybridized carbons (Fsp3) is 0.435. The molecule has 0 amide bonds. The van der Waals surface area contributed by atoms with Gasteiger partial charge in [0, 0.05) is 36.3 Å². The second kappa shape index (κ2) is 11.7. The van der Waals surface area contributed by atoms with Crippen LogP contribution in [0.1, 0.15) is 37.6 Å². The third-order valence-corrected chi connectivity index (χ3v) is 6.20. The van der Waals surface area contributed by atoms with Gasteiger partial charge < -0.3 is 14.0 Å². The van der Waals surface area contributed by atoms with Crippen LogP contribution in [-0.4, -0.2) is 53.6 Å². The Bertz CT molecular complexity index is 1360. The predicted molar refractivity (Wildman–Crippen MR) is 132 cm³/mol. The number of benzene rings is 1. The Morgan fingerprint density at radius 3 is 2.41 bits per heavy atom. The number of alkyl halides is 3. The van der Waals surface area contributed by atoms with Gasteiger partial charge in [-0.15, -0.1) is 11.8 Å². The molecular weight excluding hydrogens is 535 g/mol. The number of thioether (sulfide) groups is 1. The smallest absolute Gasteiger partial charge is 0.416 e. The van der Waals surface area contributed by atoms with Gasteiger partial charge >= 0.3 is 18.1 Å². The molecule has 0 unspecified atom stereocenters. The van der Waals surface area contributed by atoms with E-state index in [9.17, 15) is 18.0 Å². The van der Waals surface area contributed by atoms with Crippen LogP contribution < -0.4 is 9.30 Å². The van der Waals surface area contributed by atoms with Crippen molar-refractivity contribution >= 4 is 38.9 Å². The number of nitrogens with one attached hydrogen (secondary N) is 1. The second-order valence-electron chi connectivity index (χ2n) is 8.67. The highest BCUT2D eigenvalue weighted by Gasteiger charge is 2.32. The first-order valence-electron chi connectivity index (χ1n) is 10.7. The molecule has 0 fully saturated rings. The van der Waals surface area contributed by atoms with Crippen LogP contribution in [0.25, 0.3) is 17.0 Å². The summed E-state index contributed by atoms with van der Waals surface area (Å²) in [7, 11) is -2.34. The quantitative estimate of drug-likeness (QED) is 0.261. The van der Waals surface area contributed by atoms with E-state index < -0.39 is 27.5 Å². The molecule has 3 rings (SSSR count). The Morgan fingerprint density at radius 2 is 1.86 bits per heavy atom. The van der Waals surface area contributed by atoms with Crippen molar-refractivity contribution in [3.8, 4) is 11.7 Å². The van der Waals surface area contributed by atoms with Gasteiger partial charge in [0.25, 0.3) is 0 Å². The molecule has 0 atom stereocenters. The van der Waals surface area contributed by atoms with Crippen molar-refractivity contribution in [1.29, 1.82) is 0 Å². The maximum absolute atomic E-state index is 13.1. The molecule has 9 nitrogen and oxygen atoms in total. The average molecular weight is 564 g/mol. The number of rotatable bonds is 7. The minimum absolute atomic E-state index is 0.297. The van der Waals surface area contributed by atoms with Gasteiger partial charge in [0.05, 0.1) is 29.0 Å². The van der Waals surface area contributed by atoms with E-state index in [4.69, 9.17) is 22.4 Å². The summed E-state index contributed by atoms with van der Waals surface area (Å²) < 4.78 is 79.0. The number of carbonyl (C=O) groups excluding carboxylic acids is 1. The minimum Gasteiger partial charge on any atom is -0.748 e. The Morgan fingerprint density at radius 1 is 1.24 bits per heavy atom. The second-order valence-corrected chi connectivity index (χ2v) is 11.1. The van der Waals surface area contributed by atoms with Crippen LogP contribution in [0.3, 0.4) is 0 Å². The number of halogens is 3. The number of imidazole rings is 1. The molecule has 2 aromatic heterocycles. The van der Waals surface area contributed by atoms with E-state index in [2.05, 4.69) is 9.97 Å². The normalized spacial score (nSPS) is 12.2. The van der Waals surface area contributed by atoms with Gasteiger partial charge in [-0.1, -0.05) is 4.98 Å². The van der Waals surface area contributed by atoms with E-state index in [0.29, 0.717) is 40.5 Å². The third-order valence-electron chi connectivity index (χ3n) is 4.82. The number of hydrogen-bond acceptors (Lipinski definition) is 8. The monoisotopic (exact) mass is 563 g/mol. The topological polar surface area (TPSA) is 125 Å². The molecule has 0 spiro atoms. The summed E-state index contributed by atoms with van der Waals surface area (Å²) in [6.45, 7) is 6.96. The zero-order chi connectivity index (χ0) is 28.2. The molecule has 0 saturated heterocycles. The summed E-state index contributed by atoms with van der Waals surface area (Å²) in [4.78, 5) is 18.8. The maximum Gasteiger partial charge on any atom is 0.416 e. The molecule has 1 aromatic carbocycles. The molecule has 204 valence electrons. The summed E-state index contributed by atoms with van der Waals surface area (Å²) in [6.07, 6.45) is -2.06. The molecular formula is C23H28F3N3O6S2. The lowest BCUT2D eigenvalue weighted by Crippen LogP contribution is -2.38. The predicted octanol–water partition coefficient (Wildman–Crippen LogP) is 3.91. The first-order valence-corrected chi connectivity index (χ1v) is 13.7. The highest BCUT2D eigenvalue weighted by molar-refractivity contribution is 7.98. The van der Waals surface area contributed by atoms with Gasteiger partial charge in [-0.3, -0.25) is 4.79 Å². The van der Waals surface area contributed by atoms with E-state index >= 15 is 0 Å². The minimum atomic E-state index is -4.43. The molecule has 0 aliphatic heterocycles. The molecule has 0 radical (unpaired) electrons. The number of nitrogens with zero attached hydrogens (tertiary/aromatic N) is 2. The van der Waals surface area contributed by atoms with E-state index in [1.54, 1.807) is 35.7 Å². The van der Waals surface area contributed by atoms with Crippen LogP contribution in [0.2, 0.25) is 0 Å². The molecule has 0 aliphatic rings. The highest BCUT2D eigenvalue weighted by Crippen LogP contribution is 2.31. The van der Waals surface area contributed by atoms with E-state index in [1.807, 2.05) is 20.8 Å². The van der Waals surface area contributed by atoms with Crippen molar-refractivity contribution in [2.24, 2.45) is 0 Å². The molecule has 1 N–H and O–H groups in total. The zero-order valence-electron chi connectivity index (χ0n) is 21.1. The summed E-state index contributed by atoms with van der Waals surface area (Å²) in [6, 6.07) is 5.20. The molecule has 2 heterocycles. The molecule has 3 aromatic rings. The van der Waals surface area contributed by atoms with Crippen LogP contribution in [0.4, 0.5) is 13.2 Å². The van der Waals surface area contributed by atoms with Gasteiger partial charge in [-0.05, 0) is 39.0 Å². The Kier molecular flexibility index (Phi) is 9.60. The van der Waals surface area contributed by atoms with Crippen molar-refractivity contribution in [3.63, 3.8) is 0 Å². The average Bonchev–Trinajstić information content (AvgIpc) is 3.15. The summed E-state index contributed by atoms with van der Waals surface area (Å²) in [5, 5.41) is 0. The lowest BCUT2D eigenvalue weighted by molar-refractivity contribution is -0.610. The van der Waals surface area contributed by atoms with Crippen molar-refractivity contribution in [2.75, 3.05) is 19.1 Å². The van der Waals surface area contributed by atoms with Crippen molar-refractivity contribution in [1.82, 2.24) is 9.97 Å². The van der Waals surface area contributed by atoms with E-state index in [1.165, 1.54) is 13.0 Å². The van der Waals surface area contributed by atoms with Crippen LogP contribution in [0.5, 0.6) is 5.75 Å². The zero-order valence-corrected chi connectivity index (χ0v) is 22.7. The van der Waals surface area contributed by atoms with Gasteiger partial charge in [0.1, 0.15) is 22.6 Å². The SMILES string of the molecule is COc1cc[n+](-c2nc3ccc(C(F)(F)F)cc3[nH]2)c(CSCC(C)(C)OC(C)=O)c1C.CS(=O)(=O)[O-]. The number of H-pyrrole nitrogens is 1. The number of aromatic nitrogens is 3. The fourth-order valence-electron chi connectivity index (χ4n) is 3.38. The van der Waals surface area contributed by atoms with Crippen molar-refractivity contribution in [2.45, 2.75) is 45.2 Å². The number of hydrogen-bond donors (Lipinski definition) is 1. The van der Waals surface area contributed by atoms with E-state index in [-0.39, 0.29) is 5.97 Å². The van der Waals surface area contributed by atoms with Crippen LogP contribution in [0, 0.1) is 6.92 Å². The number of aromatic amines is 1. The largest absolute Gasteiger partial charge is 0.748 e. The highest BCUT2D eigenvalue weighted by atomic mass is 32.2. The van der Waals surface area contributed by atoms with Crippen LogP contribution in [0.15, 0.2) is 30.5 Å². The molecule has 0 bridgehead atoms. The Hall–Kier alpha value is -2.84. The number of esters is 1. The number of methoxy groups -OCH3 is 1. The summed E-state index contributed by atoms with van der Waals surface area (Å²) >= 11 is 1.57. The fourth-order valence-corrected chi connectivity index (χ4v) is 4.58. The molecule has 14 heteroatoms. The van der Waals surface area contributed by atoms with Crippen LogP contribution >= 0.6 is 11.8 Å². The van der Waals surface area contributed by atoms with E-state index in [0.717, 1.165) is 23.4 Å². The molecule has 37 heavy (non-hydrogen) atoms. The van der Waals surface area contributed by atoms with Crippen LogP contribution in [-0.2, 0) is 31.6 Å². The summed E-state index contributed by atoms with van der Waals surface area (Å²) in [5.74, 6) is 1.84. The van der Waals surface area contributed by atoms with Gasteiger partial charge in [-0.25, -0.2) is 18.0 Å². The van der Waals surface area contributed by atoms with Crippen molar-refractivity contribution < 1.29 is 45.0 Å². The Balaban J connectivity index is 0.000000877. The number of fused-ring (bicyclic) bond motifs is 1. The van der Waals surface area contributed by atoms with Gasteiger partial charge in [0.2, 0.25) is 0 Å². The molecule has 0 saturated carbocycles. The third kappa shape index (κ3) is 9.20.